The number of carbonyl (C=O) groups is 1. The summed E-state index contributed by atoms with van der Waals surface area (Å²) in [6.07, 6.45) is 2.83. The zero-order valence-electron chi connectivity index (χ0n) is 9.77. The van der Waals surface area contributed by atoms with Gasteiger partial charge >= 0.3 is 5.97 Å². The third kappa shape index (κ3) is 1.73. The highest BCUT2D eigenvalue weighted by molar-refractivity contribution is 5.84. The van der Waals surface area contributed by atoms with E-state index in [1.165, 1.54) is 13.2 Å². The Morgan fingerprint density at radius 2 is 2.00 bits per heavy atom. The van der Waals surface area contributed by atoms with E-state index in [9.17, 15) is 15.0 Å². The first kappa shape index (κ1) is 11.8. The number of carboxylic acids is 1. The minimum absolute atomic E-state index is 0.00801. The predicted molar refractivity (Wildman–Crippen MR) is 62.4 cm³/mol. The molecular weight excluding hydrogens is 220 g/mol. The van der Waals surface area contributed by atoms with Gasteiger partial charge in [0.25, 0.3) is 0 Å². The Labute approximate surface area is 99.8 Å². The van der Waals surface area contributed by atoms with Gasteiger partial charge in [-0.25, -0.2) is 0 Å². The van der Waals surface area contributed by atoms with Gasteiger partial charge in [-0.15, -0.1) is 0 Å². The third-order valence-corrected chi connectivity index (χ3v) is 3.57. The largest absolute Gasteiger partial charge is 0.507 e. The lowest BCUT2D eigenvalue weighted by atomic mass is 9.78. The fraction of sp³-hybridized carbons (Fsp3) is 0.462. The molecule has 0 unspecified atom stereocenters. The highest BCUT2D eigenvalue weighted by atomic mass is 16.5. The van der Waals surface area contributed by atoms with E-state index in [1.54, 1.807) is 12.1 Å². The van der Waals surface area contributed by atoms with Gasteiger partial charge in [-0.1, -0.05) is 18.9 Å². The van der Waals surface area contributed by atoms with Crippen LogP contribution < -0.4 is 4.74 Å². The van der Waals surface area contributed by atoms with Crippen LogP contribution in [0.3, 0.4) is 0 Å². The average molecular weight is 236 g/mol. The first-order chi connectivity index (χ1) is 8.12. The molecule has 4 nitrogen and oxygen atoms in total. The zero-order chi connectivity index (χ0) is 12.5. The molecule has 1 saturated carbocycles. The van der Waals surface area contributed by atoms with Crippen LogP contribution in [0.25, 0.3) is 0 Å². The Kier molecular flexibility index (Phi) is 2.96. The van der Waals surface area contributed by atoms with Crippen LogP contribution in [-0.2, 0) is 10.2 Å². The number of rotatable bonds is 3. The topological polar surface area (TPSA) is 66.8 Å². The zero-order valence-corrected chi connectivity index (χ0v) is 9.77. The second kappa shape index (κ2) is 4.28. The van der Waals surface area contributed by atoms with Crippen molar-refractivity contribution in [3.63, 3.8) is 0 Å². The summed E-state index contributed by atoms with van der Waals surface area (Å²) in [6, 6.07) is 4.86. The van der Waals surface area contributed by atoms with E-state index in [2.05, 4.69) is 0 Å². The number of phenolic OH excluding ortho intramolecular Hbond substituents is 1. The maximum atomic E-state index is 11.6. The second-order valence-electron chi connectivity index (χ2n) is 4.45. The van der Waals surface area contributed by atoms with E-state index in [0.29, 0.717) is 24.2 Å². The number of carboxylic acid groups (broad SMARTS) is 1. The monoisotopic (exact) mass is 236 g/mol. The molecule has 2 rings (SSSR count). The van der Waals surface area contributed by atoms with E-state index in [0.717, 1.165) is 12.8 Å². The number of hydrogen-bond donors (Lipinski definition) is 2. The van der Waals surface area contributed by atoms with Crippen molar-refractivity contribution in [3.8, 4) is 11.5 Å². The summed E-state index contributed by atoms with van der Waals surface area (Å²) >= 11 is 0. The normalized spacial score (nSPS) is 17.9. The maximum Gasteiger partial charge on any atom is 0.314 e. The molecule has 0 heterocycles. The van der Waals surface area contributed by atoms with Crippen molar-refractivity contribution in [2.75, 3.05) is 7.11 Å². The van der Waals surface area contributed by atoms with Crippen molar-refractivity contribution >= 4 is 5.97 Å². The number of methoxy groups -OCH3 is 1. The minimum Gasteiger partial charge on any atom is -0.507 e. The summed E-state index contributed by atoms with van der Waals surface area (Å²) < 4.78 is 5.19. The number of aliphatic carboxylic acids is 1. The maximum absolute atomic E-state index is 11.6. The molecule has 0 atom stereocenters. The van der Waals surface area contributed by atoms with E-state index in [1.807, 2.05) is 0 Å². The second-order valence-corrected chi connectivity index (χ2v) is 4.45. The van der Waals surface area contributed by atoms with E-state index >= 15 is 0 Å². The molecule has 0 aliphatic heterocycles. The van der Waals surface area contributed by atoms with Gasteiger partial charge in [0.1, 0.15) is 11.5 Å². The van der Waals surface area contributed by atoms with Crippen molar-refractivity contribution in [1.29, 1.82) is 0 Å². The molecule has 92 valence electrons. The molecule has 1 aliphatic carbocycles. The third-order valence-electron chi connectivity index (χ3n) is 3.57. The van der Waals surface area contributed by atoms with Gasteiger partial charge in [-0.2, -0.15) is 0 Å². The minimum atomic E-state index is -0.989. The Hall–Kier alpha value is -1.71. The molecule has 0 bridgehead atoms. The molecular formula is C13H16O4. The lowest BCUT2D eigenvalue weighted by molar-refractivity contribution is -0.143. The van der Waals surface area contributed by atoms with E-state index in [-0.39, 0.29) is 5.75 Å². The van der Waals surface area contributed by atoms with Gasteiger partial charge in [0.15, 0.2) is 0 Å². The van der Waals surface area contributed by atoms with Crippen LogP contribution in [0.5, 0.6) is 11.5 Å². The fourth-order valence-corrected chi connectivity index (χ4v) is 2.72. The summed E-state index contributed by atoms with van der Waals surface area (Å²) in [4.78, 5) is 11.6. The van der Waals surface area contributed by atoms with E-state index in [4.69, 9.17) is 4.74 Å². The first-order valence-electron chi connectivity index (χ1n) is 5.71. The SMILES string of the molecule is COc1cccc(O)c1C1(C(=O)O)CCCC1. The van der Waals surface area contributed by atoms with E-state index < -0.39 is 11.4 Å². The molecule has 1 aliphatic rings. The van der Waals surface area contributed by atoms with Gasteiger partial charge < -0.3 is 14.9 Å². The van der Waals surface area contributed by atoms with Crippen molar-refractivity contribution < 1.29 is 19.7 Å². The molecule has 0 radical (unpaired) electrons. The van der Waals surface area contributed by atoms with Gasteiger partial charge in [0.05, 0.1) is 18.1 Å². The Morgan fingerprint density at radius 1 is 1.35 bits per heavy atom. The van der Waals surface area contributed by atoms with Crippen molar-refractivity contribution in [1.82, 2.24) is 0 Å². The average Bonchev–Trinajstić information content (AvgIpc) is 2.78. The van der Waals surface area contributed by atoms with Crippen LogP contribution in [-0.4, -0.2) is 23.3 Å². The Morgan fingerprint density at radius 3 is 2.53 bits per heavy atom. The number of phenols is 1. The summed E-state index contributed by atoms with van der Waals surface area (Å²) in [5, 5.41) is 19.4. The first-order valence-corrected chi connectivity index (χ1v) is 5.71. The summed E-state index contributed by atoms with van der Waals surface area (Å²) in [5.41, 5.74) is -0.566. The van der Waals surface area contributed by atoms with Crippen LogP contribution in [0.15, 0.2) is 18.2 Å². The highest BCUT2D eigenvalue weighted by Crippen LogP contribution is 2.48. The van der Waals surface area contributed by atoms with Crippen LogP contribution in [0.4, 0.5) is 0 Å². The van der Waals surface area contributed by atoms with Crippen LogP contribution in [0.2, 0.25) is 0 Å². The lowest BCUT2D eigenvalue weighted by Gasteiger charge is -2.26. The Balaban J connectivity index is 2.61. The molecule has 2 N–H and O–H groups in total. The molecule has 4 heteroatoms. The molecule has 1 aromatic rings. The van der Waals surface area contributed by atoms with Gasteiger partial charge in [-0.05, 0) is 25.0 Å². The number of aromatic hydroxyl groups is 1. The Bertz CT molecular complexity index is 433. The standard InChI is InChI=1S/C13H16O4/c1-17-10-6-4-5-9(14)11(10)13(12(15)16)7-2-3-8-13/h4-6,14H,2-3,7-8H2,1H3,(H,15,16). The summed E-state index contributed by atoms with van der Waals surface area (Å²) in [5.74, 6) is -0.419. The van der Waals surface area contributed by atoms with Crippen LogP contribution in [0.1, 0.15) is 31.2 Å². The van der Waals surface area contributed by atoms with Crippen LogP contribution >= 0.6 is 0 Å². The van der Waals surface area contributed by atoms with Gasteiger partial charge in [0, 0.05) is 0 Å². The molecule has 0 saturated heterocycles. The van der Waals surface area contributed by atoms with Crippen molar-refractivity contribution in [2.45, 2.75) is 31.1 Å². The molecule has 17 heavy (non-hydrogen) atoms. The number of ether oxygens (including phenoxy) is 1. The van der Waals surface area contributed by atoms with Gasteiger partial charge in [-0.3, -0.25) is 4.79 Å². The number of hydrogen-bond acceptors (Lipinski definition) is 3. The van der Waals surface area contributed by atoms with Gasteiger partial charge in [0.2, 0.25) is 0 Å². The van der Waals surface area contributed by atoms with Crippen molar-refractivity contribution in [2.24, 2.45) is 0 Å². The molecule has 0 aromatic heterocycles. The molecule has 1 fully saturated rings. The summed E-state index contributed by atoms with van der Waals surface area (Å²) in [7, 11) is 1.49. The predicted octanol–water partition coefficient (Wildman–Crippen LogP) is 2.30. The molecule has 0 spiro atoms. The van der Waals surface area contributed by atoms with Crippen LogP contribution in [0, 0.1) is 0 Å². The highest BCUT2D eigenvalue weighted by Gasteiger charge is 2.46. The lowest BCUT2D eigenvalue weighted by Crippen LogP contribution is -2.33. The molecule has 1 aromatic carbocycles. The van der Waals surface area contributed by atoms with Crippen molar-refractivity contribution in [3.05, 3.63) is 23.8 Å². The number of benzene rings is 1. The quantitative estimate of drug-likeness (QED) is 0.845. The summed E-state index contributed by atoms with van der Waals surface area (Å²) in [6.45, 7) is 0. The molecule has 0 amide bonds. The smallest absolute Gasteiger partial charge is 0.314 e. The fourth-order valence-electron chi connectivity index (χ4n) is 2.72.